The van der Waals surface area contributed by atoms with E-state index < -0.39 is 36.4 Å². The standard InChI is InChI=1S/C6H8O7.Fe.Na/c7-3(8)1-6(13,5(11)12)2-4(9)10;;/h13H,1-2H2,(H,7,8)(H,9,10)(H,11,12);;/q;+3;/p-3. The first-order valence-corrected chi connectivity index (χ1v) is 3.11. The van der Waals surface area contributed by atoms with Crippen molar-refractivity contribution in [2.45, 2.75) is 18.4 Å². The first-order chi connectivity index (χ1) is 5.78. The van der Waals surface area contributed by atoms with Crippen LogP contribution in [0.2, 0.25) is 0 Å². The van der Waals surface area contributed by atoms with Crippen LogP contribution in [0.15, 0.2) is 0 Å². The summed E-state index contributed by atoms with van der Waals surface area (Å²) in [6.07, 6.45) is -2.72. The average molecular weight is 268 g/mol. The Morgan fingerprint density at radius 2 is 1.27 bits per heavy atom. The number of carbonyl (C=O) groups is 3. The van der Waals surface area contributed by atoms with Crippen molar-refractivity contribution in [2.24, 2.45) is 0 Å². The SMILES string of the molecule is O=C([O-])CC(O)(CC(=O)[O-])C(=O)[O-].[Fe+3].[Na]. The number of carboxylic acids is 3. The number of carboxylic acid groups (broad SMARTS) is 3. The third-order valence-corrected chi connectivity index (χ3v) is 1.25. The molecular formula is C6H5FeNaO7. The first kappa shape index (κ1) is 20.3. The maximum absolute atomic E-state index is 10.1. The Morgan fingerprint density at radius 1 is 1.00 bits per heavy atom. The third-order valence-electron chi connectivity index (χ3n) is 1.25. The largest absolute Gasteiger partial charge is 3.00 e. The van der Waals surface area contributed by atoms with Crippen molar-refractivity contribution < 1.29 is 51.9 Å². The van der Waals surface area contributed by atoms with E-state index in [1.165, 1.54) is 0 Å². The topological polar surface area (TPSA) is 141 Å². The van der Waals surface area contributed by atoms with Gasteiger partial charge in [0.25, 0.3) is 0 Å². The predicted molar refractivity (Wildman–Crippen MR) is 35.0 cm³/mol. The number of hydrogen-bond donors (Lipinski definition) is 1. The molecule has 0 fully saturated rings. The van der Waals surface area contributed by atoms with E-state index >= 15 is 0 Å². The fourth-order valence-corrected chi connectivity index (χ4v) is 0.684. The van der Waals surface area contributed by atoms with E-state index in [-0.39, 0.29) is 46.6 Å². The van der Waals surface area contributed by atoms with Crippen molar-refractivity contribution in [3.8, 4) is 0 Å². The second kappa shape index (κ2) is 8.09. The van der Waals surface area contributed by atoms with Gasteiger partial charge in [-0.1, -0.05) is 0 Å². The van der Waals surface area contributed by atoms with Crippen LogP contribution in [0.25, 0.3) is 0 Å². The zero-order valence-corrected chi connectivity index (χ0v) is 10.8. The normalized spacial score (nSPS) is 9.40. The average Bonchev–Trinajstić information content (AvgIpc) is 1.82. The van der Waals surface area contributed by atoms with Gasteiger partial charge in [-0.3, -0.25) is 0 Å². The summed E-state index contributed by atoms with van der Waals surface area (Å²) < 4.78 is 0. The molecule has 0 bridgehead atoms. The maximum Gasteiger partial charge on any atom is 3.00 e. The van der Waals surface area contributed by atoms with Gasteiger partial charge in [-0.15, -0.1) is 0 Å². The van der Waals surface area contributed by atoms with Crippen molar-refractivity contribution >= 4 is 47.5 Å². The summed E-state index contributed by atoms with van der Waals surface area (Å²) in [5.74, 6) is -5.98. The van der Waals surface area contributed by atoms with Gasteiger partial charge in [0.05, 0.1) is 5.97 Å². The molecule has 0 rings (SSSR count). The van der Waals surface area contributed by atoms with Gasteiger partial charge in [-0.05, 0) is 0 Å². The van der Waals surface area contributed by atoms with Gasteiger partial charge in [0, 0.05) is 54.3 Å². The van der Waals surface area contributed by atoms with Gasteiger partial charge in [0.2, 0.25) is 0 Å². The molecule has 1 N–H and O–H groups in total. The van der Waals surface area contributed by atoms with Crippen molar-refractivity contribution in [1.82, 2.24) is 0 Å². The van der Waals surface area contributed by atoms with Crippen LogP contribution < -0.4 is 15.3 Å². The van der Waals surface area contributed by atoms with Gasteiger partial charge in [0.15, 0.2) is 0 Å². The molecule has 15 heavy (non-hydrogen) atoms. The molecule has 0 aromatic heterocycles. The second-order valence-electron chi connectivity index (χ2n) is 2.42. The first-order valence-electron chi connectivity index (χ1n) is 3.11. The third kappa shape index (κ3) is 7.78. The Morgan fingerprint density at radius 3 is 1.40 bits per heavy atom. The molecule has 0 saturated carbocycles. The summed E-state index contributed by atoms with van der Waals surface area (Å²) in [7, 11) is 0. The van der Waals surface area contributed by atoms with E-state index in [9.17, 15) is 29.7 Å². The smallest absolute Gasteiger partial charge is 0.550 e. The van der Waals surface area contributed by atoms with Crippen LogP contribution in [0.1, 0.15) is 12.8 Å². The Hall–Kier alpha value is -0.111. The Bertz CT molecular complexity index is 238. The Balaban J connectivity index is -0.000000720. The van der Waals surface area contributed by atoms with E-state index in [0.717, 1.165) is 0 Å². The molecule has 0 spiro atoms. The molecule has 0 atom stereocenters. The van der Waals surface area contributed by atoms with Crippen LogP contribution in [-0.2, 0) is 31.5 Å². The number of carbonyl (C=O) groups excluding carboxylic acids is 3. The molecule has 0 heterocycles. The van der Waals surface area contributed by atoms with Crippen molar-refractivity contribution in [1.29, 1.82) is 0 Å². The molecule has 0 aliphatic heterocycles. The van der Waals surface area contributed by atoms with Gasteiger partial charge in [-0.25, -0.2) is 0 Å². The number of rotatable bonds is 5. The van der Waals surface area contributed by atoms with Crippen molar-refractivity contribution in [3.63, 3.8) is 0 Å². The van der Waals surface area contributed by atoms with Crippen molar-refractivity contribution in [2.75, 3.05) is 0 Å². The summed E-state index contributed by atoms with van der Waals surface area (Å²) in [6, 6.07) is 0. The molecule has 0 aliphatic carbocycles. The van der Waals surface area contributed by atoms with Gasteiger partial charge >= 0.3 is 17.1 Å². The monoisotopic (exact) mass is 268 g/mol. The Kier molecular flexibility index (Phi) is 11.0. The number of aliphatic hydroxyl groups is 1. The van der Waals surface area contributed by atoms with Gasteiger partial charge < -0.3 is 34.8 Å². The molecule has 0 amide bonds. The number of aliphatic carboxylic acids is 3. The molecule has 0 aromatic rings. The van der Waals surface area contributed by atoms with Crippen LogP contribution in [-0.4, -0.2) is 58.2 Å². The molecular weight excluding hydrogens is 263 g/mol. The summed E-state index contributed by atoms with van der Waals surface area (Å²) in [5.41, 5.74) is -2.97. The van der Waals surface area contributed by atoms with E-state index in [1.54, 1.807) is 0 Å². The fourth-order valence-electron chi connectivity index (χ4n) is 0.684. The molecule has 7 nitrogen and oxygen atoms in total. The van der Waals surface area contributed by atoms with E-state index in [1.807, 2.05) is 0 Å². The minimum Gasteiger partial charge on any atom is -0.550 e. The minimum absolute atomic E-state index is 0. The second-order valence-corrected chi connectivity index (χ2v) is 2.42. The molecule has 80 valence electrons. The maximum atomic E-state index is 10.1. The summed E-state index contributed by atoms with van der Waals surface area (Å²) in [4.78, 5) is 30.0. The summed E-state index contributed by atoms with van der Waals surface area (Å²) in [5, 5.41) is 38.9. The molecule has 9 heteroatoms. The molecule has 0 aromatic carbocycles. The van der Waals surface area contributed by atoms with Gasteiger partial charge in [0.1, 0.15) is 5.60 Å². The minimum atomic E-state index is -2.97. The van der Waals surface area contributed by atoms with Crippen LogP contribution in [0, 0.1) is 0 Å². The van der Waals surface area contributed by atoms with Crippen LogP contribution in [0.5, 0.6) is 0 Å². The zero-order valence-electron chi connectivity index (χ0n) is 7.66. The predicted octanol–water partition coefficient (Wildman–Crippen LogP) is -5.64. The molecule has 0 aliphatic rings. The fraction of sp³-hybridized carbons (Fsp3) is 0.500. The van der Waals surface area contributed by atoms with Crippen LogP contribution in [0.4, 0.5) is 0 Å². The Labute approximate surface area is 117 Å². The van der Waals surface area contributed by atoms with Crippen LogP contribution >= 0.6 is 0 Å². The zero-order chi connectivity index (χ0) is 10.6. The molecule has 2 radical (unpaired) electrons. The van der Waals surface area contributed by atoms with Crippen molar-refractivity contribution in [3.05, 3.63) is 0 Å². The van der Waals surface area contributed by atoms with Gasteiger partial charge in [-0.2, -0.15) is 0 Å². The summed E-state index contributed by atoms with van der Waals surface area (Å²) >= 11 is 0. The van der Waals surface area contributed by atoms with E-state index in [0.29, 0.717) is 0 Å². The van der Waals surface area contributed by atoms with E-state index in [2.05, 4.69) is 0 Å². The van der Waals surface area contributed by atoms with E-state index in [4.69, 9.17) is 5.11 Å². The summed E-state index contributed by atoms with van der Waals surface area (Å²) in [6.45, 7) is 0. The number of hydrogen-bond acceptors (Lipinski definition) is 7. The van der Waals surface area contributed by atoms with Crippen LogP contribution in [0.3, 0.4) is 0 Å². The molecule has 0 unspecified atom stereocenters. The molecule has 0 saturated heterocycles. The quantitative estimate of drug-likeness (QED) is 0.490.